The van der Waals surface area contributed by atoms with Crippen LogP contribution >= 0.6 is 27.5 Å². The first-order chi connectivity index (χ1) is 8.08. The third-order valence-corrected chi connectivity index (χ3v) is 3.61. The van der Waals surface area contributed by atoms with E-state index in [0.717, 1.165) is 21.2 Å². The topological polar surface area (TPSA) is 20.2 Å². The SMILES string of the molecule is Cc1ccc(Br)c(C(O)c2ccc(Cl)cc2)c1. The van der Waals surface area contributed by atoms with Crippen LogP contribution in [0.4, 0.5) is 0 Å². The molecule has 0 amide bonds. The lowest BCUT2D eigenvalue weighted by molar-refractivity contribution is 0.219. The van der Waals surface area contributed by atoms with Crippen molar-refractivity contribution < 1.29 is 5.11 Å². The number of aryl methyl sites for hydroxylation is 1. The van der Waals surface area contributed by atoms with Gasteiger partial charge in [-0.1, -0.05) is 57.4 Å². The van der Waals surface area contributed by atoms with Crippen molar-refractivity contribution >= 4 is 27.5 Å². The van der Waals surface area contributed by atoms with Crippen molar-refractivity contribution in [1.82, 2.24) is 0 Å². The second-order valence-corrected chi connectivity index (χ2v) is 5.27. The van der Waals surface area contributed by atoms with Gasteiger partial charge in [0.15, 0.2) is 0 Å². The fraction of sp³-hybridized carbons (Fsp3) is 0.143. The zero-order chi connectivity index (χ0) is 12.4. The molecule has 2 aromatic rings. The fourth-order valence-corrected chi connectivity index (χ4v) is 2.29. The van der Waals surface area contributed by atoms with Crippen LogP contribution < -0.4 is 0 Å². The number of benzene rings is 2. The molecule has 0 aliphatic carbocycles. The number of aliphatic hydroxyl groups excluding tert-OH is 1. The van der Waals surface area contributed by atoms with Gasteiger partial charge in [-0.25, -0.2) is 0 Å². The zero-order valence-corrected chi connectivity index (χ0v) is 11.7. The van der Waals surface area contributed by atoms with Crippen LogP contribution in [0.3, 0.4) is 0 Å². The van der Waals surface area contributed by atoms with Crippen molar-refractivity contribution in [3.8, 4) is 0 Å². The number of hydrogen-bond donors (Lipinski definition) is 1. The smallest absolute Gasteiger partial charge is 0.105 e. The molecule has 0 bridgehead atoms. The van der Waals surface area contributed by atoms with Crippen molar-refractivity contribution in [3.05, 3.63) is 68.7 Å². The van der Waals surface area contributed by atoms with Crippen molar-refractivity contribution in [3.63, 3.8) is 0 Å². The lowest BCUT2D eigenvalue weighted by Crippen LogP contribution is -2.00. The molecule has 17 heavy (non-hydrogen) atoms. The first kappa shape index (κ1) is 12.6. The summed E-state index contributed by atoms with van der Waals surface area (Å²) >= 11 is 9.28. The van der Waals surface area contributed by atoms with Gasteiger partial charge in [0.1, 0.15) is 6.10 Å². The third kappa shape index (κ3) is 2.89. The predicted octanol–water partition coefficient (Wildman–Crippen LogP) is 4.49. The normalized spacial score (nSPS) is 12.5. The minimum absolute atomic E-state index is 0.637. The molecule has 2 aromatic carbocycles. The number of hydrogen-bond acceptors (Lipinski definition) is 1. The molecule has 1 N–H and O–H groups in total. The summed E-state index contributed by atoms with van der Waals surface area (Å²) in [6.45, 7) is 2.00. The van der Waals surface area contributed by atoms with E-state index in [2.05, 4.69) is 15.9 Å². The summed E-state index contributed by atoms with van der Waals surface area (Å²) in [6, 6.07) is 13.2. The molecule has 3 heteroatoms. The summed E-state index contributed by atoms with van der Waals surface area (Å²) in [5, 5.41) is 11.0. The number of rotatable bonds is 2. The van der Waals surface area contributed by atoms with Crippen molar-refractivity contribution in [2.75, 3.05) is 0 Å². The maximum atomic E-state index is 10.3. The maximum Gasteiger partial charge on any atom is 0.105 e. The first-order valence-corrected chi connectivity index (χ1v) is 6.44. The molecule has 0 aliphatic heterocycles. The van der Waals surface area contributed by atoms with Crippen LogP contribution in [0.15, 0.2) is 46.9 Å². The molecule has 1 atom stereocenters. The molecular formula is C14H12BrClO. The van der Waals surface area contributed by atoms with E-state index in [1.54, 1.807) is 12.1 Å². The Morgan fingerprint density at radius 3 is 2.41 bits per heavy atom. The van der Waals surface area contributed by atoms with Crippen LogP contribution in [0, 0.1) is 6.92 Å². The second kappa shape index (κ2) is 5.21. The monoisotopic (exact) mass is 310 g/mol. The molecule has 88 valence electrons. The Morgan fingerprint density at radius 1 is 1.12 bits per heavy atom. The highest BCUT2D eigenvalue weighted by Gasteiger charge is 2.13. The Kier molecular flexibility index (Phi) is 3.87. The van der Waals surface area contributed by atoms with E-state index in [-0.39, 0.29) is 0 Å². The van der Waals surface area contributed by atoms with Gasteiger partial charge in [0, 0.05) is 9.50 Å². The first-order valence-electron chi connectivity index (χ1n) is 5.27. The standard InChI is InChI=1S/C14H12BrClO/c1-9-2-7-13(15)12(8-9)14(17)10-3-5-11(16)6-4-10/h2-8,14,17H,1H3. The van der Waals surface area contributed by atoms with E-state index in [1.807, 2.05) is 37.3 Å². The summed E-state index contributed by atoms with van der Waals surface area (Å²) < 4.78 is 0.908. The van der Waals surface area contributed by atoms with Gasteiger partial charge in [0.2, 0.25) is 0 Å². The van der Waals surface area contributed by atoms with Crippen LogP contribution in [0.25, 0.3) is 0 Å². The van der Waals surface area contributed by atoms with Gasteiger partial charge < -0.3 is 5.11 Å². The van der Waals surface area contributed by atoms with Crippen molar-refractivity contribution in [2.45, 2.75) is 13.0 Å². The van der Waals surface area contributed by atoms with Gasteiger partial charge in [0.05, 0.1) is 0 Å². The molecular weight excluding hydrogens is 300 g/mol. The minimum Gasteiger partial charge on any atom is -0.384 e. The Labute approximate surface area is 114 Å². The molecule has 1 nitrogen and oxygen atoms in total. The molecule has 0 heterocycles. The average Bonchev–Trinajstić information content (AvgIpc) is 2.32. The highest BCUT2D eigenvalue weighted by atomic mass is 79.9. The molecule has 2 rings (SSSR count). The molecule has 0 spiro atoms. The summed E-state index contributed by atoms with van der Waals surface area (Å²) in [4.78, 5) is 0. The summed E-state index contributed by atoms with van der Waals surface area (Å²) in [5.41, 5.74) is 2.82. The zero-order valence-electron chi connectivity index (χ0n) is 9.32. The van der Waals surface area contributed by atoms with E-state index in [4.69, 9.17) is 11.6 Å². The summed E-state index contributed by atoms with van der Waals surface area (Å²) in [5.74, 6) is 0. The van der Waals surface area contributed by atoms with E-state index in [0.29, 0.717) is 5.02 Å². The van der Waals surface area contributed by atoms with E-state index >= 15 is 0 Å². The molecule has 0 aromatic heterocycles. The maximum absolute atomic E-state index is 10.3. The largest absolute Gasteiger partial charge is 0.384 e. The van der Waals surface area contributed by atoms with Crippen molar-refractivity contribution in [1.29, 1.82) is 0 Å². The highest BCUT2D eigenvalue weighted by Crippen LogP contribution is 2.29. The Balaban J connectivity index is 2.39. The van der Waals surface area contributed by atoms with E-state index in [1.165, 1.54) is 0 Å². The van der Waals surface area contributed by atoms with Gasteiger partial charge >= 0.3 is 0 Å². The van der Waals surface area contributed by atoms with Gasteiger partial charge in [-0.3, -0.25) is 0 Å². The molecule has 0 radical (unpaired) electrons. The van der Waals surface area contributed by atoms with Crippen LogP contribution in [0.1, 0.15) is 22.8 Å². The van der Waals surface area contributed by atoms with Crippen LogP contribution in [-0.2, 0) is 0 Å². The van der Waals surface area contributed by atoms with E-state index in [9.17, 15) is 5.11 Å². The van der Waals surface area contributed by atoms with Gasteiger partial charge in [-0.2, -0.15) is 0 Å². The summed E-state index contributed by atoms with van der Waals surface area (Å²) in [6.07, 6.45) is -0.637. The quantitative estimate of drug-likeness (QED) is 0.866. The van der Waals surface area contributed by atoms with Crippen LogP contribution in [-0.4, -0.2) is 5.11 Å². The molecule has 0 fully saturated rings. The molecule has 0 saturated heterocycles. The second-order valence-electron chi connectivity index (χ2n) is 3.98. The van der Waals surface area contributed by atoms with E-state index < -0.39 is 6.10 Å². The van der Waals surface area contributed by atoms with Crippen LogP contribution in [0.2, 0.25) is 5.02 Å². The van der Waals surface area contributed by atoms with Crippen LogP contribution in [0.5, 0.6) is 0 Å². The molecule has 0 saturated carbocycles. The average molecular weight is 312 g/mol. The third-order valence-electron chi connectivity index (χ3n) is 2.63. The highest BCUT2D eigenvalue weighted by molar-refractivity contribution is 9.10. The number of halogens is 2. The number of aliphatic hydroxyl groups is 1. The Morgan fingerprint density at radius 2 is 1.76 bits per heavy atom. The van der Waals surface area contributed by atoms with Gasteiger partial charge in [-0.05, 0) is 36.2 Å². The fourth-order valence-electron chi connectivity index (χ4n) is 1.70. The van der Waals surface area contributed by atoms with Crippen molar-refractivity contribution in [2.24, 2.45) is 0 Å². The summed E-state index contributed by atoms with van der Waals surface area (Å²) in [7, 11) is 0. The Hall–Kier alpha value is -0.830. The minimum atomic E-state index is -0.637. The van der Waals surface area contributed by atoms with Gasteiger partial charge in [0.25, 0.3) is 0 Å². The Bertz CT molecular complexity index is 522. The predicted molar refractivity (Wildman–Crippen MR) is 74.4 cm³/mol. The molecule has 0 aliphatic rings. The van der Waals surface area contributed by atoms with Gasteiger partial charge in [-0.15, -0.1) is 0 Å². The lowest BCUT2D eigenvalue weighted by Gasteiger charge is -2.14. The molecule has 1 unspecified atom stereocenters. The lowest BCUT2D eigenvalue weighted by atomic mass is 10.0.